The molecule has 39 heavy (non-hydrogen) atoms. The second kappa shape index (κ2) is 13.8. The van der Waals surface area contributed by atoms with Crippen LogP contribution in [0.15, 0.2) is 24.3 Å². The van der Waals surface area contributed by atoms with Gasteiger partial charge in [-0.05, 0) is 41.7 Å². The zero-order valence-corrected chi connectivity index (χ0v) is 23.3. The minimum Gasteiger partial charge on any atom is -0.443 e. The fourth-order valence-corrected chi connectivity index (χ4v) is 4.71. The number of carbonyl (C=O) groups is 1. The van der Waals surface area contributed by atoms with E-state index in [2.05, 4.69) is 22.3 Å². The largest absolute Gasteiger partial charge is 0.443 e. The highest BCUT2D eigenvalue weighted by Gasteiger charge is 2.46. The lowest BCUT2D eigenvalue weighted by molar-refractivity contribution is -0.265. The number of benzene rings is 1. The lowest BCUT2D eigenvalue weighted by Crippen LogP contribution is -2.58. The Labute approximate surface area is 229 Å². The summed E-state index contributed by atoms with van der Waals surface area (Å²) in [5, 5.41) is 46.3. The van der Waals surface area contributed by atoms with Gasteiger partial charge in [0.1, 0.15) is 24.1 Å². The number of aliphatic hydroxyl groups is 4. The van der Waals surface area contributed by atoms with Crippen LogP contribution in [0.2, 0.25) is 0 Å². The number of aromatic amines is 1. The number of ether oxygens (including phenoxy) is 2. The smallest absolute Gasteiger partial charge is 0.238 e. The van der Waals surface area contributed by atoms with E-state index in [0.29, 0.717) is 19.3 Å². The summed E-state index contributed by atoms with van der Waals surface area (Å²) in [6.45, 7) is 7.12. The molecule has 3 rings (SSSR count). The maximum absolute atomic E-state index is 14.1. The van der Waals surface area contributed by atoms with Crippen LogP contribution in [0.5, 0.6) is 5.88 Å². The van der Waals surface area contributed by atoms with Crippen LogP contribution in [0.3, 0.4) is 0 Å². The molecule has 1 aliphatic rings. The molecule has 218 valence electrons. The summed E-state index contributed by atoms with van der Waals surface area (Å²) in [6, 6.07) is 8.16. The quantitative estimate of drug-likeness (QED) is 0.226. The van der Waals surface area contributed by atoms with E-state index in [1.54, 1.807) is 0 Å². The number of carbonyl (C=O) groups excluding carboxylic acids is 1. The fraction of sp³-hybridized carbons (Fsp3) is 0.655. The summed E-state index contributed by atoms with van der Waals surface area (Å²) in [5.41, 5.74) is 3.41. The van der Waals surface area contributed by atoms with Crippen LogP contribution in [0.25, 0.3) is 0 Å². The highest BCUT2D eigenvalue weighted by Crippen LogP contribution is 2.32. The number of hydrogen-bond acceptors (Lipinski definition) is 8. The number of H-pyrrole nitrogens is 1. The highest BCUT2D eigenvalue weighted by molar-refractivity contribution is 5.79. The lowest BCUT2D eigenvalue weighted by atomic mass is 9.87. The second-order valence-electron chi connectivity index (χ2n) is 11.6. The molecule has 0 amide bonds. The van der Waals surface area contributed by atoms with E-state index in [4.69, 9.17) is 9.47 Å². The van der Waals surface area contributed by atoms with E-state index in [1.807, 2.05) is 39.8 Å². The Hall–Kier alpha value is -2.37. The average Bonchev–Trinajstić information content (AvgIpc) is 3.29. The van der Waals surface area contributed by atoms with Gasteiger partial charge in [0.15, 0.2) is 6.17 Å². The minimum atomic E-state index is -1.94. The number of aromatic nitrogens is 2. The van der Waals surface area contributed by atoms with Crippen LogP contribution in [-0.2, 0) is 22.4 Å². The van der Waals surface area contributed by atoms with Gasteiger partial charge in [0.25, 0.3) is 0 Å². The molecule has 5 N–H and O–H groups in total. The number of ketones is 1. The maximum atomic E-state index is 14.1. The van der Waals surface area contributed by atoms with Crippen molar-refractivity contribution in [2.45, 2.75) is 103 Å². The lowest BCUT2D eigenvalue weighted by Gasteiger charge is -2.38. The number of rotatable bonds is 14. The number of alkyl halides is 1. The van der Waals surface area contributed by atoms with Crippen LogP contribution in [0.4, 0.5) is 4.39 Å². The molecule has 1 aromatic carbocycles. The molecule has 0 spiro atoms. The number of Topliss-reactive ketones (excluding diaryl/α,β-unsaturated/α-hetero) is 1. The summed E-state index contributed by atoms with van der Waals surface area (Å²) in [6.07, 6.45) is -4.11. The molecule has 0 radical (unpaired) electrons. The molecule has 9 nitrogen and oxygen atoms in total. The van der Waals surface area contributed by atoms with Crippen molar-refractivity contribution in [1.82, 2.24) is 10.2 Å². The van der Waals surface area contributed by atoms with Gasteiger partial charge >= 0.3 is 0 Å². The van der Waals surface area contributed by atoms with E-state index in [1.165, 1.54) is 0 Å². The van der Waals surface area contributed by atoms with E-state index in [0.717, 1.165) is 41.6 Å². The first-order chi connectivity index (χ1) is 18.5. The van der Waals surface area contributed by atoms with Crippen molar-refractivity contribution < 1.29 is 39.1 Å². The van der Waals surface area contributed by atoms with Gasteiger partial charge in [-0.1, -0.05) is 52.0 Å². The van der Waals surface area contributed by atoms with Gasteiger partial charge in [-0.25, -0.2) is 4.39 Å². The molecule has 2 aromatic rings. The zero-order valence-electron chi connectivity index (χ0n) is 23.3. The van der Waals surface area contributed by atoms with Gasteiger partial charge in [0, 0.05) is 37.1 Å². The third-order valence-electron chi connectivity index (χ3n) is 7.14. The third kappa shape index (κ3) is 8.31. The van der Waals surface area contributed by atoms with Crippen molar-refractivity contribution in [1.29, 1.82) is 0 Å². The van der Waals surface area contributed by atoms with E-state index in [9.17, 15) is 29.6 Å². The number of aryl methyl sites for hydroxylation is 1. The Morgan fingerprint density at radius 1 is 1.13 bits per heavy atom. The predicted molar refractivity (Wildman–Crippen MR) is 143 cm³/mol. The molecule has 10 heteroatoms. The molecule has 0 aliphatic carbocycles. The summed E-state index contributed by atoms with van der Waals surface area (Å²) in [4.78, 5) is 12.1. The summed E-state index contributed by atoms with van der Waals surface area (Å²) in [5.74, 6) is 0.459. The number of hydrogen-bond donors (Lipinski definition) is 5. The topological polar surface area (TPSA) is 145 Å². The van der Waals surface area contributed by atoms with Crippen LogP contribution in [0.1, 0.15) is 81.7 Å². The van der Waals surface area contributed by atoms with Gasteiger partial charge in [-0.3, -0.25) is 9.89 Å². The van der Waals surface area contributed by atoms with Gasteiger partial charge in [-0.2, -0.15) is 0 Å². The molecule has 0 saturated carbocycles. The van der Waals surface area contributed by atoms with Crippen LogP contribution in [0, 0.1) is 5.41 Å². The number of halogens is 1. The minimum absolute atomic E-state index is 0.000627. The first-order valence-electron chi connectivity index (χ1n) is 13.7. The highest BCUT2D eigenvalue weighted by atomic mass is 19.1. The van der Waals surface area contributed by atoms with E-state index >= 15 is 0 Å². The summed E-state index contributed by atoms with van der Waals surface area (Å²) >= 11 is 0. The average molecular weight is 551 g/mol. The first kappa shape index (κ1) is 31.2. The monoisotopic (exact) mass is 550 g/mol. The standard InChI is InChI=1S/C29H43FN2O7/c1-17(2)24-21(27(32-31-24)39-28-26(37)25(36)23(30)22(15-33)38-28)13-19-11-9-18(10-12-19)7-5-6-8-20(35)14-29(3,4)16-34/h9-12,17,22-23,25-26,28,33-34,36-37H,5-8,13-16H2,1-4H3,(H,31,32). The second-order valence-corrected chi connectivity index (χ2v) is 11.6. The number of nitrogens with zero attached hydrogens (tertiary/aromatic N) is 1. The Balaban J connectivity index is 1.61. The fourth-order valence-electron chi connectivity index (χ4n) is 4.71. The van der Waals surface area contributed by atoms with Gasteiger partial charge in [0.05, 0.1) is 6.61 Å². The SMILES string of the molecule is CC(C)c1[nH]nc(OC2OC(CO)C(F)C(O)C2O)c1Cc1ccc(CCCCC(=O)CC(C)(C)CO)cc1. The van der Waals surface area contributed by atoms with Crippen LogP contribution in [-0.4, -0.2) is 80.4 Å². The number of unbranched alkanes of at least 4 members (excludes halogenated alkanes) is 1. The zero-order chi connectivity index (χ0) is 28.7. The third-order valence-corrected chi connectivity index (χ3v) is 7.14. The first-order valence-corrected chi connectivity index (χ1v) is 13.7. The van der Waals surface area contributed by atoms with Crippen molar-refractivity contribution in [3.05, 3.63) is 46.6 Å². The molecule has 1 aromatic heterocycles. The van der Waals surface area contributed by atoms with E-state index < -0.39 is 37.4 Å². The Morgan fingerprint density at radius 3 is 2.41 bits per heavy atom. The van der Waals surface area contributed by atoms with Gasteiger partial charge in [-0.15, -0.1) is 5.10 Å². The molecule has 2 heterocycles. The van der Waals surface area contributed by atoms with Gasteiger partial charge < -0.3 is 29.9 Å². The maximum Gasteiger partial charge on any atom is 0.238 e. The van der Waals surface area contributed by atoms with Crippen molar-refractivity contribution in [3.8, 4) is 5.88 Å². The van der Waals surface area contributed by atoms with Crippen LogP contribution >= 0.6 is 0 Å². The van der Waals surface area contributed by atoms with Gasteiger partial charge in [0.2, 0.25) is 12.2 Å². The number of nitrogens with one attached hydrogen (secondary N) is 1. The van der Waals surface area contributed by atoms with Crippen molar-refractivity contribution in [2.24, 2.45) is 5.41 Å². The molecular formula is C29H43FN2O7. The Morgan fingerprint density at radius 2 is 1.79 bits per heavy atom. The molecule has 1 aliphatic heterocycles. The number of aliphatic hydroxyl groups excluding tert-OH is 4. The van der Waals surface area contributed by atoms with Crippen LogP contribution < -0.4 is 4.74 Å². The van der Waals surface area contributed by atoms with Crippen molar-refractivity contribution in [3.63, 3.8) is 0 Å². The summed E-state index contributed by atoms with van der Waals surface area (Å²) in [7, 11) is 0. The summed E-state index contributed by atoms with van der Waals surface area (Å²) < 4.78 is 25.3. The van der Waals surface area contributed by atoms with E-state index in [-0.39, 0.29) is 29.6 Å². The Kier molecular flexibility index (Phi) is 11.0. The normalized spacial score (nSPS) is 23.8. The van der Waals surface area contributed by atoms with Crippen molar-refractivity contribution >= 4 is 5.78 Å². The molecule has 1 fully saturated rings. The molecule has 5 atom stereocenters. The molecule has 0 bridgehead atoms. The molecular weight excluding hydrogens is 507 g/mol. The molecule has 1 saturated heterocycles. The van der Waals surface area contributed by atoms with Crippen molar-refractivity contribution in [2.75, 3.05) is 13.2 Å². The Bertz CT molecular complexity index is 1050. The predicted octanol–water partition coefficient (Wildman–Crippen LogP) is 2.97. The molecule has 5 unspecified atom stereocenters.